The van der Waals surface area contributed by atoms with Gasteiger partial charge in [0.1, 0.15) is 13.2 Å². The van der Waals surface area contributed by atoms with Crippen LogP contribution in [0.1, 0.15) is 335 Å². The molecule has 0 N–H and O–H groups in total. The zero-order valence-corrected chi connectivity index (χ0v) is 52.8. The Morgan fingerprint density at radius 1 is 0.263 bits per heavy atom. The fraction of sp³-hybridized carbons (Fsp3) is 0.743. The molecule has 0 aliphatic heterocycles. The second kappa shape index (κ2) is 67.8. The van der Waals surface area contributed by atoms with Gasteiger partial charge in [-0.3, -0.25) is 14.4 Å². The predicted molar refractivity (Wildman–Crippen MR) is 348 cm³/mol. The van der Waals surface area contributed by atoms with Crippen LogP contribution in [0, 0.1) is 0 Å². The minimum atomic E-state index is -0.788. The summed E-state index contributed by atoms with van der Waals surface area (Å²) in [4.78, 5) is 38.4. The molecule has 0 bridgehead atoms. The van der Waals surface area contributed by atoms with Crippen molar-refractivity contribution in [2.24, 2.45) is 0 Å². The Balaban J connectivity index is 4.39. The van der Waals surface area contributed by atoms with Gasteiger partial charge in [0.2, 0.25) is 0 Å². The molecule has 0 aromatic heterocycles. The summed E-state index contributed by atoms with van der Waals surface area (Å²) in [5.74, 6) is -0.887. The fourth-order valence-electron chi connectivity index (χ4n) is 9.71. The summed E-state index contributed by atoms with van der Waals surface area (Å²) >= 11 is 0. The Labute approximate surface area is 496 Å². The lowest BCUT2D eigenvalue weighted by Gasteiger charge is -2.18. The molecule has 460 valence electrons. The van der Waals surface area contributed by atoms with E-state index in [0.29, 0.717) is 19.3 Å². The standard InChI is InChI=1S/C74H128O6/c1-4-7-10-13-16-19-22-25-28-31-33-34-35-36-37-38-39-40-42-43-46-49-52-55-58-61-64-67-73(76)79-70-71(69-78-72(75)66-63-60-57-54-51-48-45-30-27-24-21-18-15-12-9-6-3)80-74(77)68-65-62-59-56-53-50-47-44-41-32-29-26-23-20-17-14-11-8-5-2/h7,10,16,19,25-26,28-29,33-34,36-37,39-40,43,46,71H,4-6,8-9,11-15,17-18,20-24,27,30-32,35,38,41-42,44-45,47-70H2,1-3H3/b10-7-,19-16-,28-25-,29-26-,34-33-,37-36-,40-39-,46-43-. The normalized spacial score (nSPS) is 12.7. The van der Waals surface area contributed by atoms with Crippen LogP contribution >= 0.6 is 0 Å². The highest BCUT2D eigenvalue weighted by atomic mass is 16.6. The molecular weight excluding hydrogens is 985 g/mol. The Morgan fingerprint density at radius 2 is 0.487 bits per heavy atom. The summed E-state index contributed by atoms with van der Waals surface area (Å²) in [6.07, 6.45) is 91.3. The molecule has 0 spiro atoms. The lowest BCUT2D eigenvalue weighted by molar-refractivity contribution is -0.167. The van der Waals surface area contributed by atoms with Crippen LogP contribution in [0.2, 0.25) is 0 Å². The fourth-order valence-corrected chi connectivity index (χ4v) is 9.71. The molecule has 0 fully saturated rings. The van der Waals surface area contributed by atoms with Crippen molar-refractivity contribution in [3.05, 3.63) is 97.2 Å². The molecule has 6 heteroatoms. The van der Waals surface area contributed by atoms with Crippen molar-refractivity contribution in [2.75, 3.05) is 13.2 Å². The third kappa shape index (κ3) is 65.1. The average molecular weight is 1110 g/mol. The van der Waals surface area contributed by atoms with Crippen LogP contribution in [0.25, 0.3) is 0 Å². The Bertz CT molecular complexity index is 1560. The van der Waals surface area contributed by atoms with E-state index in [4.69, 9.17) is 14.2 Å². The van der Waals surface area contributed by atoms with Gasteiger partial charge < -0.3 is 14.2 Å². The molecule has 6 nitrogen and oxygen atoms in total. The van der Waals surface area contributed by atoms with Gasteiger partial charge in [0, 0.05) is 19.3 Å². The highest BCUT2D eigenvalue weighted by molar-refractivity contribution is 5.71. The monoisotopic (exact) mass is 1110 g/mol. The van der Waals surface area contributed by atoms with E-state index in [2.05, 4.69) is 118 Å². The largest absolute Gasteiger partial charge is 0.462 e. The summed E-state index contributed by atoms with van der Waals surface area (Å²) in [6, 6.07) is 0. The predicted octanol–water partition coefficient (Wildman–Crippen LogP) is 23.6. The Morgan fingerprint density at radius 3 is 0.775 bits per heavy atom. The van der Waals surface area contributed by atoms with Gasteiger partial charge in [-0.1, -0.05) is 311 Å². The molecular formula is C74H128O6. The average Bonchev–Trinajstić information content (AvgIpc) is 3.46. The van der Waals surface area contributed by atoms with Crippen molar-refractivity contribution < 1.29 is 28.6 Å². The number of rotatable bonds is 62. The number of ether oxygens (including phenoxy) is 3. The van der Waals surface area contributed by atoms with E-state index < -0.39 is 6.10 Å². The molecule has 80 heavy (non-hydrogen) atoms. The molecule has 0 aromatic carbocycles. The van der Waals surface area contributed by atoms with Crippen molar-refractivity contribution in [1.29, 1.82) is 0 Å². The number of allylic oxidation sites excluding steroid dienone is 16. The molecule has 0 aromatic rings. The highest BCUT2D eigenvalue weighted by Crippen LogP contribution is 2.17. The van der Waals surface area contributed by atoms with E-state index >= 15 is 0 Å². The van der Waals surface area contributed by atoms with Crippen LogP contribution in [-0.4, -0.2) is 37.2 Å². The van der Waals surface area contributed by atoms with Crippen LogP contribution in [0.3, 0.4) is 0 Å². The quantitative estimate of drug-likeness (QED) is 0.0261. The maximum absolute atomic E-state index is 12.9. The van der Waals surface area contributed by atoms with E-state index in [-0.39, 0.29) is 31.1 Å². The van der Waals surface area contributed by atoms with Crippen LogP contribution < -0.4 is 0 Å². The topological polar surface area (TPSA) is 78.9 Å². The van der Waals surface area contributed by atoms with Crippen LogP contribution in [0.5, 0.6) is 0 Å². The Kier molecular flexibility index (Phi) is 64.7. The minimum Gasteiger partial charge on any atom is -0.462 e. The molecule has 0 aliphatic carbocycles. The van der Waals surface area contributed by atoms with E-state index in [9.17, 15) is 14.4 Å². The summed E-state index contributed by atoms with van der Waals surface area (Å²) in [7, 11) is 0. The van der Waals surface area contributed by atoms with Gasteiger partial charge in [-0.15, -0.1) is 0 Å². The van der Waals surface area contributed by atoms with E-state index in [0.717, 1.165) is 122 Å². The zero-order chi connectivity index (χ0) is 57.8. The molecule has 0 heterocycles. The third-order valence-corrected chi connectivity index (χ3v) is 14.8. The lowest BCUT2D eigenvalue weighted by Crippen LogP contribution is -2.30. The van der Waals surface area contributed by atoms with Gasteiger partial charge in [0.25, 0.3) is 0 Å². The lowest BCUT2D eigenvalue weighted by atomic mass is 10.0. The first-order chi connectivity index (χ1) is 39.5. The number of hydrogen-bond acceptors (Lipinski definition) is 6. The van der Waals surface area contributed by atoms with Gasteiger partial charge in [-0.2, -0.15) is 0 Å². The number of hydrogen-bond donors (Lipinski definition) is 0. The summed E-state index contributed by atoms with van der Waals surface area (Å²) in [5, 5.41) is 0. The number of unbranched alkanes of at least 4 members (excludes halogenated alkanes) is 35. The van der Waals surface area contributed by atoms with E-state index in [1.54, 1.807) is 0 Å². The summed E-state index contributed by atoms with van der Waals surface area (Å²) in [5.41, 5.74) is 0. The maximum atomic E-state index is 12.9. The zero-order valence-electron chi connectivity index (χ0n) is 52.8. The van der Waals surface area contributed by atoms with Crippen LogP contribution in [0.4, 0.5) is 0 Å². The SMILES string of the molecule is CC/C=C\C/C=C\C/C=C\C/C=C\C/C=C\C/C=C\C/C=C\CCCCCCCC(=O)OCC(COC(=O)CCCCCCCCCCCCCCCCCC)OC(=O)CCCCCCCCCCC/C=C\CCCCCCCC. The third-order valence-electron chi connectivity index (χ3n) is 14.8. The first-order valence-electron chi connectivity index (χ1n) is 34.2. The summed E-state index contributed by atoms with van der Waals surface area (Å²) in [6.45, 7) is 6.55. The molecule has 0 saturated heterocycles. The maximum Gasteiger partial charge on any atom is 0.306 e. The van der Waals surface area contributed by atoms with Crippen molar-refractivity contribution in [3.8, 4) is 0 Å². The molecule has 0 saturated carbocycles. The number of carbonyl (C=O) groups is 3. The minimum absolute atomic E-state index is 0.0813. The second-order valence-corrected chi connectivity index (χ2v) is 22.7. The first kappa shape index (κ1) is 76.3. The van der Waals surface area contributed by atoms with Gasteiger partial charge in [-0.25, -0.2) is 0 Å². The second-order valence-electron chi connectivity index (χ2n) is 22.7. The Hall–Kier alpha value is -3.67. The molecule has 0 radical (unpaired) electrons. The summed E-state index contributed by atoms with van der Waals surface area (Å²) < 4.78 is 17.0. The highest BCUT2D eigenvalue weighted by Gasteiger charge is 2.19. The van der Waals surface area contributed by atoms with Crippen molar-refractivity contribution in [2.45, 2.75) is 341 Å². The van der Waals surface area contributed by atoms with Crippen LogP contribution in [0.15, 0.2) is 97.2 Å². The van der Waals surface area contributed by atoms with Gasteiger partial charge in [0.05, 0.1) is 0 Å². The van der Waals surface area contributed by atoms with Gasteiger partial charge in [-0.05, 0) is 103 Å². The van der Waals surface area contributed by atoms with E-state index in [1.807, 2.05) is 0 Å². The van der Waals surface area contributed by atoms with Crippen molar-refractivity contribution >= 4 is 17.9 Å². The molecule has 0 aliphatic rings. The number of esters is 3. The molecule has 1 atom stereocenters. The van der Waals surface area contributed by atoms with E-state index in [1.165, 1.54) is 173 Å². The first-order valence-corrected chi connectivity index (χ1v) is 34.2. The van der Waals surface area contributed by atoms with Crippen molar-refractivity contribution in [3.63, 3.8) is 0 Å². The van der Waals surface area contributed by atoms with Crippen molar-refractivity contribution in [1.82, 2.24) is 0 Å². The number of carbonyl (C=O) groups excluding carboxylic acids is 3. The van der Waals surface area contributed by atoms with Crippen LogP contribution in [-0.2, 0) is 28.6 Å². The molecule has 0 amide bonds. The smallest absolute Gasteiger partial charge is 0.306 e. The molecule has 0 rings (SSSR count). The van der Waals surface area contributed by atoms with Gasteiger partial charge in [0.15, 0.2) is 6.10 Å². The van der Waals surface area contributed by atoms with Gasteiger partial charge >= 0.3 is 17.9 Å². The molecule has 1 unspecified atom stereocenters.